The third-order valence-electron chi connectivity index (χ3n) is 3.13. The molecule has 0 aliphatic carbocycles. The third kappa shape index (κ3) is 2.27. The number of anilines is 2. The van der Waals surface area contributed by atoms with Crippen molar-refractivity contribution in [3.05, 3.63) is 52.7 Å². The molecule has 19 heavy (non-hydrogen) atoms. The lowest BCUT2D eigenvalue weighted by molar-refractivity contribution is -0.117. The fourth-order valence-corrected chi connectivity index (χ4v) is 2.42. The van der Waals surface area contributed by atoms with Crippen molar-refractivity contribution < 1.29 is 4.79 Å². The maximum atomic E-state index is 12.1. The number of amides is 1. The summed E-state index contributed by atoms with van der Waals surface area (Å²) in [5.74, 6) is 0.511. The molecular weight excluding hydrogens is 262 g/mol. The highest BCUT2D eigenvalue weighted by molar-refractivity contribution is 6.31. The van der Waals surface area contributed by atoms with Gasteiger partial charge in [-0.25, -0.2) is 4.98 Å². The molecule has 0 bridgehead atoms. The van der Waals surface area contributed by atoms with Crippen LogP contribution in [-0.4, -0.2) is 10.9 Å². The zero-order valence-corrected chi connectivity index (χ0v) is 10.9. The normalized spacial score (nSPS) is 13.7. The predicted octanol–water partition coefficient (Wildman–Crippen LogP) is 2.41. The Morgan fingerprint density at radius 1 is 1.32 bits per heavy atom. The smallest absolute Gasteiger partial charge is 0.231 e. The molecule has 1 aliphatic heterocycles. The van der Waals surface area contributed by atoms with Crippen LogP contribution in [0.5, 0.6) is 0 Å². The van der Waals surface area contributed by atoms with Gasteiger partial charge in [0, 0.05) is 10.7 Å². The molecule has 1 aromatic heterocycles. The van der Waals surface area contributed by atoms with Crippen LogP contribution in [0.25, 0.3) is 0 Å². The second-order valence-electron chi connectivity index (χ2n) is 4.48. The number of hydrogen-bond acceptors (Lipinski definition) is 3. The molecule has 0 saturated carbocycles. The number of pyridine rings is 1. The largest absolute Gasteiger partial charge is 0.384 e. The number of halogens is 1. The van der Waals surface area contributed by atoms with Crippen molar-refractivity contribution in [2.24, 2.45) is 0 Å². The molecule has 4 nitrogen and oxygen atoms in total. The number of benzene rings is 1. The lowest BCUT2D eigenvalue weighted by Gasteiger charge is -2.17. The summed E-state index contributed by atoms with van der Waals surface area (Å²) in [5, 5.41) is 0.624. The van der Waals surface area contributed by atoms with Crippen LogP contribution in [0.15, 0.2) is 36.4 Å². The van der Waals surface area contributed by atoms with E-state index in [1.807, 2.05) is 24.3 Å². The number of nitrogen functional groups attached to an aromatic ring is 1. The van der Waals surface area contributed by atoms with Crippen molar-refractivity contribution in [1.29, 1.82) is 0 Å². The number of hydrogen-bond donors (Lipinski definition) is 1. The van der Waals surface area contributed by atoms with Gasteiger partial charge in [-0.2, -0.15) is 0 Å². The van der Waals surface area contributed by atoms with Crippen LogP contribution in [0, 0.1) is 0 Å². The molecule has 5 heteroatoms. The summed E-state index contributed by atoms with van der Waals surface area (Å²) in [6.07, 6.45) is 0.412. The number of aromatic nitrogens is 1. The molecule has 1 amide bonds. The molecule has 0 atom stereocenters. The third-order valence-corrected chi connectivity index (χ3v) is 3.36. The van der Waals surface area contributed by atoms with Crippen molar-refractivity contribution in [1.82, 2.24) is 4.98 Å². The second-order valence-corrected chi connectivity index (χ2v) is 4.92. The van der Waals surface area contributed by atoms with E-state index in [9.17, 15) is 4.79 Å². The molecule has 0 fully saturated rings. The second kappa shape index (κ2) is 4.55. The minimum atomic E-state index is 0.0569. The SMILES string of the molecule is Nc1cccc(CN2C(=O)Cc3ccc(Cl)cc32)n1. The Hall–Kier alpha value is -2.07. The fourth-order valence-electron chi connectivity index (χ4n) is 2.25. The molecule has 0 spiro atoms. The first-order chi connectivity index (χ1) is 9.13. The van der Waals surface area contributed by atoms with Crippen LogP contribution in [0.2, 0.25) is 5.02 Å². The van der Waals surface area contributed by atoms with Gasteiger partial charge in [-0.15, -0.1) is 0 Å². The zero-order chi connectivity index (χ0) is 13.4. The van der Waals surface area contributed by atoms with Crippen molar-refractivity contribution in [3.8, 4) is 0 Å². The van der Waals surface area contributed by atoms with Gasteiger partial charge in [0.05, 0.1) is 18.7 Å². The Kier molecular flexibility index (Phi) is 2.87. The maximum Gasteiger partial charge on any atom is 0.231 e. The zero-order valence-electron chi connectivity index (χ0n) is 10.1. The van der Waals surface area contributed by atoms with E-state index in [1.54, 1.807) is 17.0 Å². The first-order valence-electron chi connectivity index (χ1n) is 5.94. The van der Waals surface area contributed by atoms with E-state index in [4.69, 9.17) is 17.3 Å². The van der Waals surface area contributed by atoms with E-state index in [2.05, 4.69) is 4.98 Å². The number of fused-ring (bicyclic) bond motifs is 1. The first kappa shape index (κ1) is 12.0. The van der Waals surface area contributed by atoms with Crippen LogP contribution >= 0.6 is 11.6 Å². The van der Waals surface area contributed by atoms with Gasteiger partial charge in [0.25, 0.3) is 0 Å². The summed E-state index contributed by atoms with van der Waals surface area (Å²) in [6.45, 7) is 0.414. The number of rotatable bonds is 2. The molecule has 2 heterocycles. The summed E-state index contributed by atoms with van der Waals surface area (Å²) < 4.78 is 0. The number of carbonyl (C=O) groups is 1. The summed E-state index contributed by atoms with van der Waals surface area (Å²) in [6, 6.07) is 10.9. The monoisotopic (exact) mass is 273 g/mol. The molecule has 0 unspecified atom stereocenters. The Morgan fingerprint density at radius 2 is 2.16 bits per heavy atom. The fraction of sp³-hybridized carbons (Fsp3) is 0.143. The van der Waals surface area contributed by atoms with Gasteiger partial charge in [-0.1, -0.05) is 23.7 Å². The molecule has 3 rings (SSSR count). The van der Waals surface area contributed by atoms with Crippen LogP contribution in [-0.2, 0) is 17.8 Å². The standard InChI is InChI=1S/C14H12ClN3O/c15-10-5-4-9-6-14(19)18(12(9)7-10)8-11-2-1-3-13(16)17-11/h1-5,7H,6,8H2,(H2,16,17). The average molecular weight is 274 g/mol. The number of carbonyl (C=O) groups excluding carboxylic acids is 1. The van der Waals surface area contributed by atoms with E-state index in [0.29, 0.717) is 23.8 Å². The van der Waals surface area contributed by atoms with Gasteiger partial charge in [-0.3, -0.25) is 4.79 Å². The quantitative estimate of drug-likeness (QED) is 0.914. The minimum Gasteiger partial charge on any atom is -0.384 e. The van der Waals surface area contributed by atoms with Gasteiger partial charge in [0.15, 0.2) is 0 Å². The molecule has 0 saturated heterocycles. The Labute approximate surface area is 115 Å². The van der Waals surface area contributed by atoms with Crippen molar-refractivity contribution in [2.45, 2.75) is 13.0 Å². The van der Waals surface area contributed by atoms with E-state index in [0.717, 1.165) is 16.9 Å². The summed E-state index contributed by atoms with van der Waals surface area (Å²) in [4.78, 5) is 18.0. The van der Waals surface area contributed by atoms with Gasteiger partial charge >= 0.3 is 0 Å². The highest BCUT2D eigenvalue weighted by Crippen LogP contribution is 2.32. The summed E-state index contributed by atoms with van der Waals surface area (Å²) >= 11 is 5.99. The van der Waals surface area contributed by atoms with Crippen molar-refractivity contribution >= 4 is 29.0 Å². The maximum absolute atomic E-state index is 12.1. The van der Waals surface area contributed by atoms with Crippen LogP contribution in [0.3, 0.4) is 0 Å². The van der Waals surface area contributed by atoms with Crippen LogP contribution < -0.4 is 10.6 Å². The van der Waals surface area contributed by atoms with Crippen molar-refractivity contribution in [3.63, 3.8) is 0 Å². The number of nitrogens with zero attached hydrogens (tertiary/aromatic N) is 2. The molecule has 2 aromatic rings. The van der Waals surface area contributed by atoms with Crippen LogP contribution in [0.1, 0.15) is 11.3 Å². The topological polar surface area (TPSA) is 59.2 Å². The summed E-state index contributed by atoms with van der Waals surface area (Å²) in [5.41, 5.74) is 8.28. The average Bonchev–Trinajstić information content (AvgIpc) is 2.66. The lowest BCUT2D eigenvalue weighted by Crippen LogP contribution is -2.26. The highest BCUT2D eigenvalue weighted by atomic mass is 35.5. The molecule has 1 aromatic carbocycles. The Balaban J connectivity index is 1.94. The Morgan fingerprint density at radius 3 is 2.95 bits per heavy atom. The van der Waals surface area contributed by atoms with Gasteiger partial charge in [0.1, 0.15) is 5.82 Å². The van der Waals surface area contributed by atoms with E-state index in [-0.39, 0.29) is 5.91 Å². The van der Waals surface area contributed by atoms with Gasteiger partial charge < -0.3 is 10.6 Å². The van der Waals surface area contributed by atoms with Crippen molar-refractivity contribution in [2.75, 3.05) is 10.6 Å². The van der Waals surface area contributed by atoms with Gasteiger partial charge in [-0.05, 0) is 29.8 Å². The first-order valence-corrected chi connectivity index (χ1v) is 6.31. The van der Waals surface area contributed by atoms with Crippen LogP contribution in [0.4, 0.5) is 11.5 Å². The molecular formula is C14H12ClN3O. The highest BCUT2D eigenvalue weighted by Gasteiger charge is 2.27. The summed E-state index contributed by atoms with van der Waals surface area (Å²) in [7, 11) is 0. The van der Waals surface area contributed by atoms with E-state index < -0.39 is 0 Å². The lowest BCUT2D eigenvalue weighted by atomic mass is 10.2. The van der Waals surface area contributed by atoms with E-state index in [1.165, 1.54) is 0 Å². The molecule has 0 radical (unpaired) electrons. The van der Waals surface area contributed by atoms with E-state index >= 15 is 0 Å². The Bertz CT molecular complexity index is 657. The molecule has 2 N–H and O–H groups in total. The molecule has 96 valence electrons. The minimum absolute atomic E-state index is 0.0569. The van der Waals surface area contributed by atoms with Gasteiger partial charge in [0.2, 0.25) is 5.91 Å². The number of nitrogens with two attached hydrogens (primary N) is 1. The predicted molar refractivity (Wildman–Crippen MR) is 75.0 cm³/mol. The molecule has 1 aliphatic rings.